The molecule has 162 valence electrons. The number of fused-ring (bicyclic) bond motifs is 5. The molecule has 7 nitrogen and oxygen atoms in total. The molecule has 10 heteroatoms. The molecule has 2 amide bonds. The maximum Gasteiger partial charge on any atom is 0.274 e. The second-order valence-corrected chi connectivity index (χ2v) is 8.38. The first-order valence-corrected chi connectivity index (χ1v) is 9.86. The summed E-state index contributed by atoms with van der Waals surface area (Å²) in [6, 6.07) is 0.716. The van der Waals surface area contributed by atoms with E-state index in [2.05, 4.69) is 5.32 Å². The molecule has 2 fully saturated rings. The topological polar surface area (TPSA) is 91.6 Å². The number of likely N-dealkylation sites (N-methyl/N-ethyl adjacent to an activating group) is 1. The molecule has 0 saturated heterocycles. The lowest BCUT2D eigenvalue weighted by atomic mass is 9.99. The summed E-state index contributed by atoms with van der Waals surface area (Å²) in [6.45, 7) is -0.628. The van der Waals surface area contributed by atoms with Gasteiger partial charge in [0, 0.05) is 37.5 Å². The fourth-order valence-electron chi connectivity index (χ4n) is 5.02. The Hall–Kier alpha value is -3.30. The van der Waals surface area contributed by atoms with Gasteiger partial charge < -0.3 is 19.9 Å². The Balaban J connectivity index is 1.50. The average Bonchev–Trinajstić information content (AvgIpc) is 3.37. The first-order valence-electron chi connectivity index (χ1n) is 9.86. The molecule has 0 spiro atoms. The van der Waals surface area contributed by atoms with Gasteiger partial charge in [-0.1, -0.05) is 0 Å². The van der Waals surface area contributed by atoms with Gasteiger partial charge in [-0.2, -0.15) is 0 Å². The molecule has 1 aromatic heterocycles. The van der Waals surface area contributed by atoms with Crippen molar-refractivity contribution >= 4 is 11.8 Å². The Morgan fingerprint density at radius 1 is 1.19 bits per heavy atom. The largest absolute Gasteiger partial charge is 0.503 e. The van der Waals surface area contributed by atoms with E-state index < -0.39 is 58.1 Å². The second kappa shape index (κ2) is 6.60. The standard InChI is InChI=1S/C21H18F3N3O4/c1-26-15-3-8-2-10(8)16(15)27-7-12(18(28)19(29)17(27)21(26)31)20(30)25-6-11-13(23)4-9(22)5-14(11)24/h4-5,7-8,10,15-16,29H,2-3,6H2,1H3,(H,25,30)/t8-,10-,15-,16?/m1/s1. The summed E-state index contributed by atoms with van der Waals surface area (Å²) in [6.07, 6.45) is 3.03. The van der Waals surface area contributed by atoms with Gasteiger partial charge >= 0.3 is 0 Å². The third-order valence-corrected chi connectivity index (χ3v) is 6.68. The number of halogens is 3. The molecule has 2 saturated carbocycles. The zero-order valence-corrected chi connectivity index (χ0v) is 16.4. The van der Waals surface area contributed by atoms with Crippen molar-refractivity contribution in [2.45, 2.75) is 31.5 Å². The normalized spacial score (nSPS) is 25.7. The van der Waals surface area contributed by atoms with Gasteiger partial charge in [-0.15, -0.1) is 0 Å². The first kappa shape index (κ1) is 19.7. The van der Waals surface area contributed by atoms with E-state index in [9.17, 15) is 32.7 Å². The molecule has 31 heavy (non-hydrogen) atoms. The van der Waals surface area contributed by atoms with Crippen molar-refractivity contribution in [2.75, 3.05) is 7.05 Å². The van der Waals surface area contributed by atoms with E-state index in [1.165, 1.54) is 15.7 Å². The lowest BCUT2D eigenvalue weighted by Crippen LogP contribution is -2.49. The highest BCUT2D eigenvalue weighted by Gasteiger charge is 2.58. The maximum absolute atomic E-state index is 13.8. The van der Waals surface area contributed by atoms with Crippen LogP contribution in [-0.2, 0) is 6.54 Å². The minimum Gasteiger partial charge on any atom is -0.503 e. The van der Waals surface area contributed by atoms with E-state index in [0.29, 0.717) is 24.0 Å². The van der Waals surface area contributed by atoms with Gasteiger partial charge in [-0.05, 0) is 24.7 Å². The number of nitrogens with zero attached hydrogens (tertiary/aromatic N) is 2. The zero-order chi connectivity index (χ0) is 22.2. The Labute approximate surface area is 174 Å². The number of rotatable bonds is 3. The van der Waals surface area contributed by atoms with Crippen LogP contribution in [0.4, 0.5) is 13.2 Å². The van der Waals surface area contributed by atoms with Crippen LogP contribution in [0.1, 0.15) is 45.3 Å². The number of benzene rings is 1. The molecule has 0 bridgehead atoms. The summed E-state index contributed by atoms with van der Waals surface area (Å²) >= 11 is 0. The van der Waals surface area contributed by atoms with Gasteiger partial charge in [0.1, 0.15) is 23.0 Å². The molecular weight excluding hydrogens is 415 g/mol. The van der Waals surface area contributed by atoms with Crippen molar-refractivity contribution in [3.63, 3.8) is 0 Å². The molecule has 3 aliphatic rings. The van der Waals surface area contributed by atoms with Gasteiger partial charge in [0.25, 0.3) is 11.8 Å². The fraction of sp³-hybridized carbons (Fsp3) is 0.381. The highest BCUT2D eigenvalue weighted by Crippen LogP contribution is 2.60. The van der Waals surface area contributed by atoms with E-state index in [0.717, 1.165) is 12.8 Å². The Kier molecular flexibility index (Phi) is 4.18. The number of pyridine rings is 1. The summed E-state index contributed by atoms with van der Waals surface area (Å²) in [5.41, 5.74) is -2.21. The van der Waals surface area contributed by atoms with Crippen LogP contribution < -0.4 is 10.7 Å². The van der Waals surface area contributed by atoms with Crippen LogP contribution in [0, 0.1) is 29.3 Å². The number of carbonyl (C=O) groups excluding carboxylic acids is 2. The maximum atomic E-state index is 13.8. The predicted octanol–water partition coefficient (Wildman–Crippen LogP) is 1.94. The molecular formula is C21H18F3N3O4. The quantitative estimate of drug-likeness (QED) is 0.774. The minimum absolute atomic E-state index is 0.0935. The van der Waals surface area contributed by atoms with Crippen LogP contribution in [0.2, 0.25) is 0 Å². The van der Waals surface area contributed by atoms with Crippen LogP contribution in [0.5, 0.6) is 5.75 Å². The Morgan fingerprint density at radius 2 is 1.87 bits per heavy atom. The van der Waals surface area contributed by atoms with Crippen LogP contribution >= 0.6 is 0 Å². The van der Waals surface area contributed by atoms with Gasteiger partial charge in [0.2, 0.25) is 5.43 Å². The fourth-order valence-corrected chi connectivity index (χ4v) is 5.02. The monoisotopic (exact) mass is 433 g/mol. The van der Waals surface area contributed by atoms with Crippen LogP contribution in [-0.4, -0.2) is 39.5 Å². The van der Waals surface area contributed by atoms with Gasteiger partial charge in [0.05, 0.1) is 12.1 Å². The third-order valence-electron chi connectivity index (χ3n) is 6.68. The number of hydrogen-bond donors (Lipinski definition) is 2. The molecule has 1 aliphatic heterocycles. The SMILES string of the molecule is CN1C(=O)c2c(O)c(=O)c(C(=O)NCc3c(F)cc(F)cc3F)cn2C2[C@H]1C[C@H]1C[C@@H]21. The Morgan fingerprint density at radius 3 is 2.55 bits per heavy atom. The number of aromatic hydroxyl groups is 1. The zero-order valence-electron chi connectivity index (χ0n) is 16.4. The molecule has 2 aliphatic carbocycles. The number of amides is 2. The van der Waals surface area contributed by atoms with Crippen molar-refractivity contribution < 1.29 is 27.9 Å². The molecule has 5 rings (SSSR count). The first-order chi connectivity index (χ1) is 14.7. The van der Waals surface area contributed by atoms with Gasteiger partial charge in [-0.3, -0.25) is 14.4 Å². The van der Waals surface area contributed by atoms with Crippen molar-refractivity contribution in [1.82, 2.24) is 14.8 Å². The van der Waals surface area contributed by atoms with Crippen LogP contribution in [0.3, 0.4) is 0 Å². The number of aromatic nitrogens is 1. The Bertz CT molecular complexity index is 1190. The predicted molar refractivity (Wildman–Crippen MR) is 101 cm³/mol. The highest BCUT2D eigenvalue weighted by molar-refractivity contribution is 5.99. The average molecular weight is 433 g/mol. The van der Waals surface area contributed by atoms with Crippen molar-refractivity contribution in [1.29, 1.82) is 0 Å². The van der Waals surface area contributed by atoms with E-state index >= 15 is 0 Å². The number of hydrogen-bond acceptors (Lipinski definition) is 4. The number of nitrogens with one attached hydrogen (secondary N) is 1. The summed E-state index contributed by atoms with van der Waals surface area (Å²) in [5.74, 6) is -4.99. The van der Waals surface area contributed by atoms with Gasteiger partial charge in [0.15, 0.2) is 11.4 Å². The molecule has 1 aromatic carbocycles. The molecule has 2 heterocycles. The molecule has 0 radical (unpaired) electrons. The van der Waals surface area contributed by atoms with Crippen molar-refractivity contribution in [2.24, 2.45) is 11.8 Å². The third kappa shape index (κ3) is 2.84. The molecule has 2 N–H and O–H groups in total. The summed E-state index contributed by atoms with van der Waals surface area (Å²) in [7, 11) is 1.63. The highest BCUT2D eigenvalue weighted by atomic mass is 19.1. The van der Waals surface area contributed by atoms with Crippen molar-refractivity contribution in [3.8, 4) is 5.75 Å². The lowest BCUT2D eigenvalue weighted by molar-refractivity contribution is 0.0589. The van der Waals surface area contributed by atoms with E-state index in [1.54, 1.807) is 7.05 Å². The van der Waals surface area contributed by atoms with E-state index in [4.69, 9.17) is 0 Å². The van der Waals surface area contributed by atoms with E-state index in [-0.39, 0.29) is 17.8 Å². The van der Waals surface area contributed by atoms with E-state index in [1.807, 2.05) is 0 Å². The molecule has 2 aromatic rings. The summed E-state index contributed by atoms with van der Waals surface area (Å²) in [5, 5.41) is 12.7. The van der Waals surface area contributed by atoms with Crippen LogP contribution in [0.25, 0.3) is 0 Å². The van der Waals surface area contributed by atoms with Crippen LogP contribution in [0.15, 0.2) is 23.1 Å². The summed E-state index contributed by atoms with van der Waals surface area (Å²) in [4.78, 5) is 39.5. The van der Waals surface area contributed by atoms with Gasteiger partial charge in [-0.25, -0.2) is 13.2 Å². The molecule has 4 atom stereocenters. The molecule has 1 unspecified atom stereocenters. The minimum atomic E-state index is -1.18. The lowest BCUT2D eigenvalue weighted by Gasteiger charge is -2.39. The summed E-state index contributed by atoms with van der Waals surface area (Å²) < 4.78 is 42.2. The number of carbonyl (C=O) groups is 2. The smallest absolute Gasteiger partial charge is 0.274 e. The van der Waals surface area contributed by atoms with Crippen molar-refractivity contribution in [3.05, 3.63) is 62.8 Å². The second-order valence-electron chi connectivity index (χ2n) is 8.38.